The topological polar surface area (TPSA) is 40.6 Å². The van der Waals surface area contributed by atoms with Crippen LogP contribution in [0, 0.1) is 0 Å². The first-order valence-electron chi connectivity index (χ1n) is 6.36. The highest BCUT2D eigenvalue weighted by Gasteiger charge is 2.48. The number of carbonyl (C=O) groups is 2. The van der Waals surface area contributed by atoms with Crippen LogP contribution in [0.3, 0.4) is 0 Å². The number of urea groups is 1. The maximum absolute atomic E-state index is 12.2. The van der Waals surface area contributed by atoms with Crippen LogP contribution >= 0.6 is 0 Å². The predicted octanol–water partition coefficient (Wildman–Crippen LogP) is 2.00. The molecule has 0 bridgehead atoms. The van der Waals surface area contributed by atoms with Crippen LogP contribution in [0.2, 0.25) is 0 Å². The van der Waals surface area contributed by atoms with Gasteiger partial charge in [-0.15, -0.1) is 0 Å². The molecule has 3 rings (SSSR count). The maximum atomic E-state index is 12.2. The van der Waals surface area contributed by atoms with Crippen LogP contribution in [-0.2, 0) is 11.3 Å². The second-order valence-electron chi connectivity index (χ2n) is 5.01. The molecule has 2 fully saturated rings. The number of hydrogen-bond donors (Lipinski definition) is 0. The lowest BCUT2D eigenvalue weighted by atomic mass is 10.2. The summed E-state index contributed by atoms with van der Waals surface area (Å²) in [6, 6.07) is 9.50. The molecule has 1 aliphatic heterocycles. The lowest BCUT2D eigenvalue weighted by Gasteiger charge is -2.18. The highest BCUT2D eigenvalue weighted by atomic mass is 16.2. The van der Waals surface area contributed by atoms with Gasteiger partial charge < -0.3 is 4.90 Å². The van der Waals surface area contributed by atoms with Crippen molar-refractivity contribution in [2.24, 2.45) is 0 Å². The minimum Gasteiger partial charge on any atom is -0.310 e. The Bertz CT molecular complexity index is 482. The molecule has 1 saturated heterocycles. The van der Waals surface area contributed by atoms with Crippen molar-refractivity contribution in [2.45, 2.75) is 38.4 Å². The van der Waals surface area contributed by atoms with Gasteiger partial charge in [0.05, 0.1) is 6.54 Å². The first-order valence-corrected chi connectivity index (χ1v) is 6.36. The summed E-state index contributed by atoms with van der Waals surface area (Å²) < 4.78 is 0. The fraction of sp³-hybridized carbons (Fsp3) is 0.429. The molecule has 1 aromatic rings. The van der Waals surface area contributed by atoms with Gasteiger partial charge in [0.15, 0.2) is 0 Å². The van der Waals surface area contributed by atoms with Gasteiger partial charge in [-0.1, -0.05) is 30.3 Å². The summed E-state index contributed by atoms with van der Waals surface area (Å²) in [4.78, 5) is 27.5. The average molecular weight is 244 g/mol. The molecule has 18 heavy (non-hydrogen) atoms. The van der Waals surface area contributed by atoms with Gasteiger partial charge in [-0.25, -0.2) is 4.79 Å². The molecule has 0 spiro atoms. The van der Waals surface area contributed by atoms with E-state index in [4.69, 9.17) is 0 Å². The first-order chi connectivity index (χ1) is 8.68. The third-order valence-electron chi connectivity index (χ3n) is 3.62. The molecule has 3 amide bonds. The fourth-order valence-corrected chi connectivity index (χ4v) is 2.48. The van der Waals surface area contributed by atoms with E-state index >= 15 is 0 Å². The number of imide groups is 1. The maximum Gasteiger partial charge on any atom is 0.328 e. The van der Waals surface area contributed by atoms with Gasteiger partial charge in [0.25, 0.3) is 5.91 Å². The summed E-state index contributed by atoms with van der Waals surface area (Å²) >= 11 is 0. The largest absolute Gasteiger partial charge is 0.328 e. The Hall–Kier alpha value is -1.84. The summed E-state index contributed by atoms with van der Waals surface area (Å²) in [7, 11) is 0. The standard InChI is InChI=1S/C14H16N2O2/c1-10-13(17)15(9-11-5-3-2-4-6-11)14(18)16(10)12-7-8-12/h2-6,10,12H,7-9H2,1H3. The van der Waals surface area contributed by atoms with Crippen molar-refractivity contribution >= 4 is 11.9 Å². The summed E-state index contributed by atoms with van der Waals surface area (Å²) in [6.07, 6.45) is 2.06. The Labute approximate surface area is 106 Å². The van der Waals surface area contributed by atoms with Gasteiger partial charge >= 0.3 is 6.03 Å². The van der Waals surface area contributed by atoms with Crippen molar-refractivity contribution in [3.8, 4) is 0 Å². The molecule has 4 heteroatoms. The molecule has 1 atom stereocenters. The van der Waals surface area contributed by atoms with E-state index in [0.717, 1.165) is 18.4 Å². The molecule has 0 radical (unpaired) electrons. The van der Waals surface area contributed by atoms with Crippen LogP contribution < -0.4 is 0 Å². The zero-order valence-electron chi connectivity index (χ0n) is 10.4. The van der Waals surface area contributed by atoms with E-state index in [2.05, 4.69) is 0 Å². The van der Waals surface area contributed by atoms with Crippen molar-refractivity contribution in [1.82, 2.24) is 9.80 Å². The Kier molecular flexibility index (Phi) is 2.58. The number of hydrogen-bond acceptors (Lipinski definition) is 2. The monoisotopic (exact) mass is 244 g/mol. The molecular formula is C14H16N2O2. The second-order valence-corrected chi connectivity index (χ2v) is 5.01. The van der Waals surface area contributed by atoms with Crippen LogP contribution in [0.25, 0.3) is 0 Å². The van der Waals surface area contributed by atoms with E-state index in [-0.39, 0.29) is 24.0 Å². The molecule has 1 saturated carbocycles. The first kappa shape index (κ1) is 11.3. The lowest BCUT2D eigenvalue weighted by molar-refractivity contribution is -0.128. The summed E-state index contributed by atoms with van der Waals surface area (Å²) in [5.74, 6) is -0.0734. The van der Waals surface area contributed by atoms with Crippen molar-refractivity contribution in [3.05, 3.63) is 35.9 Å². The van der Waals surface area contributed by atoms with Gasteiger partial charge in [0.1, 0.15) is 6.04 Å². The Morgan fingerprint density at radius 2 is 1.83 bits per heavy atom. The highest BCUT2D eigenvalue weighted by molar-refractivity contribution is 6.04. The molecule has 0 N–H and O–H groups in total. The van der Waals surface area contributed by atoms with Gasteiger partial charge in [-0.3, -0.25) is 9.69 Å². The Morgan fingerprint density at radius 3 is 2.44 bits per heavy atom. The van der Waals surface area contributed by atoms with Gasteiger partial charge in [0.2, 0.25) is 0 Å². The van der Waals surface area contributed by atoms with Crippen molar-refractivity contribution < 1.29 is 9.59 Å². The zero-order chi connectivity index (χ0) is 12.7. The van der Waals surface area contributed by atoms with Gasteiger partial charge in [0, 0.05) is 6.04 Å². The normalized spacial score (nSPS) is 23.9. The van der Waals surface area contributed by atoms with Crippen molar-refractivity contribution in [3.63, 3.8) is 0 Å². The van der Waals surface area contributed by atoms with Gasteiger partial charge in [-0.05, 0) is 25.3 Å². The Balaban J connectivity index is 1.80. The van der Waals surface area contributed by atoms with Crippen molar-refractivity contribution in [1.29, 1.82) is 0 Å². The van der Waals surface area contributed by atoms with Crippen LogP contribution in [0.5, 0.6) is 0 Å². The number of nitrogens with zero attached hydrogens (tertiary/aromatic N) is 2. The van der Waals surface area contributed by atoms with E-state index < -0.39 is 0 Å². The van der Waals surface area contributed by atoms with E-state index in [0.29, 0.717) is 6.54 Å². The molecule has 1 aliphatic carbocycles. The predicted molar refractivity (Wildman–Crippen MR) is 66.7 cm³/mol. The molecule has 1 heterocycles. The molecule has 4 nitrogen and oxygen atoms in total. The Morgan fingerprint density at radius 1 is 1.17 bits per heavy atom. The zero-order valence-corrected chi connectivity index (χ0v) is 10.4. The van der Waals surface area contributed by atoms with Gasteiger partial charge in [-0.2, -0.15) is 0 Å². The third kappa shape index (κ3) is 1.78. The molecule has 2 aliphatic rings. The van der Waals surface area contributed by atoms with E-state index in [1.165, 1.54) is 4.90 Å². The lowest BCUT2D eigenvalue weighted by Crippen LogP contribution is -2.35. The van der Waals surface area contributed by atoms with Crippen LogP contribution in [-0.4, -0.2) is 33.8 Å². The second kappa shape index (κ2) is 4.12. The summed E-state index contributed by atoms with van der Waals surface area (Å²) in [5, 5.41) is 0. The molecule has 1 unspecified atom stereocenters. The van der Waals surface area contributed by atoms with E-state index in [9.17, 15) is 9.59 Å². The van der Waals surface area contributed by atoms with E-state index in [1.54, 1.807) is 4.90 Å². The number of carbonyl (C=O) groups excluding carboxylic acids is 2. The number of rotatable bonds is 3. The molecular weight excluding hydrogens is 228 g/mol. The molecule has 1 aromatic carbocycles. The number of benzene rings is 1. The highest BCUT2D eigenvalue weighted by Crippen LogP contribution is 2.33. The van der Waals surface area contributed by atoms with Crippen LogP contribution in [0.4, 0.5) is 4.79 Å². The quantitative estimate of drug-likeness (QED) is 0.763. The smallest absolute Gasteiger partial charge is 0.310 e. The molecule has 94 valence electrons. The SMILES string of the molecule is CC1C(=O)N(Cc2ccccc2)C(=O)N1C1CC1. The van der Waals surface area contributed by atoms with Crippen LogP contribution in [0.1, 0.15) is 25.3 Å². The van der Waals surface area contributed by atoms with Crippen molar-refractivity contribution in [2.75, 3.05) is 0 Å². The molecule has 0 aromatic heterocycles. The fourth-order valence-electron chi connectivity index (χ4n) is 2.48. The minimum atomic E-state index is -0.297. The average Bonchev–Trinajstić information content (AvgIpc) is 3.17. The minimum absolute atomic E-state index is 0.0734. The number of amides is 3. The third-order valence-corrected chi connectivity index (χ3v) is 3.62. The van der Waals surface area contributed by atoms with Crippen LogP contribution in [0.15, 0.2) is 30.3 Å². The summed E-state index contributed by atoms with van der Waals surface area (Å²) in [6.45, 7) is 2.20. The summed E-state index contributed by atoms with van der Waals surface area (Å²) in [5.41, 5.74) is 0.990. The van der Waals surface area contributed by atoms with E-state index in [1.807, 2.05) is 37.3 Å².